The maximum absolute atomic E-state index is 12.4. The number of carbonyl (C=O) groups is 1. The van der Waals surface area contributed by atoms with Gasteiger partial charge in [0.2, 0.25) is 0 Å². The van der Waals surface area contributed by atoms with Crippen LogP contribution in [0, 0.1) is 5.92 Å². The van der Waals surface area contributed by atoms with Crippen LogP contribution in [-0.4, -0.2) is 29.3 Å². The van der Waals surface area contributed by atoms with Crippen LogP contribution in [0.5, 0.6) is 0 Å². The Morgan fingerprint density at radius 1 is 1.38 bits per heavy atom. The van der Waals surface area contributed by atoms with Crippen molar-refractivity contribution in [3.05, 3.63) is 12.2 Å². The Bertz CT molecular complexity index is 251. The molecule has 1 fully saturated rings. The van der Waals surface area contributed by atoms with Crippen molar-refractivity contribution in [3.63, 3.8) is 0 Å². The lowest BCUT2D eigenvalue weighted by Gasteiger charge is -2.41. The minimum absolute atomic E-state index is 0.386. The lowest BCUT2D eigenvalue weighted by Crippen LogP contribution is -2.60. The highest BCUT2D eigenvalue weighted by Crippen LogP contribution is 2.48. The quantitative estimate of drug-likeness (QED) is 0.540. The molecule has 0 aromatic rings. The molecule has 0 bridgehead atoms. The van der Waals surface area contributed by atoms with Crippen LogP contribution in [0.25, 0.3) is 0 Å². The van der Waals surface area contributed by atoms with E-state index in [1.165, 1.54) is 0 Å². The molecular formula is C7H6F4O2. The van der Waals surface area contributed by atoms with Gasteiger partial charge in [-0.3, -0.25) is 0 Å². The van der Waals surface area contributed by atoms with Crippen LogP contribution in [0.2, 0.25) is 0 Å². The van der Waals surface area contributed by atoms with Gasteiger partial charge in [-0.05, 0) is 0 Å². The predicted octanol–water partition coefficient (Wildman–Crippen LogP) is 1.57. The molecule has 0 radical (unpaired) electrons. The van der Waals surface area contributed by atoms with Crippen molar-refractivity contribution in [2.24, 2.45) is 5.92 Å². The zero-order valence-electron chi connectivity index (χ0n) is 6.25. The smallest absolute Gasteiger partial charge is 0.327 e. The van der Waals surface area contributed by atoms with Gasteiger partial charge in [0.1, 0.15) is 6.17 Å². The summed E-state index contributed by atoms with van der Waals surface area (Å²) in [5.74, 6) is -7.21. The molecule has 3 atom stereocenters. The first kappa shape index (κ1) is 10.0. The standard InChI is InChI=1S/C7H6F4O2/c8-5-3(1-2-4(12)13)7(10,11)6(5)9/h1-3,5-6H,(H,12,13). The Balaban J connectivity index is 2.67. The molecule has 1 rings (SSSR count). The second-order valence-electron chi connectivity index (χ2n) is 2.74. The molecule has 0 amide bonds. The minimum Gasteiger partial charge on any atom is -0.478 e. The average Bonchev–Trinajstić information content (AvgIpc) is 2.02. The van der Waals surface area contributed by atoms with E-state index in [1.54, 1.807) is 0 Å². The first-order valence-electron chi connectivity index (χ1n) is 3.44. The summed E-state index contributed by atoms with van der Waals surface area (Å²) in [6.45, 7) is 0. The summed E-state index contributed by atoms with van der Waals surface area (Å²) in [5, 5.41) is 8.06. The highest BCUT2D eigenvalue weighted by molar-refractivity contribution is 5.79. The molecule has 13 heavy (non-hydrogen) atoms. The molecular weight excluding hydrogens is 192 g/mol. The number of alkyl halides is 4. The van der Waals surface area contributed by atoms with E-state index in [4.69, 9.17) is 5.11 Å². The predicted molar refractivity (Wildman–Crippen MR) is 35.0 cm³/mol. The summed E-state index contributed by atoms with van der Waals surface area (Å²) >= 11 is 0. The fourth-order valence-corrected chi connectivity index (χ4v) is 1.09. The van der Waals surface area contributed by atoms with E-state index in [9.17, 15) is 22.4 Å². The highest BCUT2D eigenvalue weighted by atomic mass is 19.3. The van der Waals surface area contributed by atoms with Crippen molar-refractivity contribution in [2.75, 3.05) is 0 Å². The van der Waals surface area contributed by atoms with Gasteiger partial charge in [0.05, 0.1) is 5.92 Å². The Hall–Kier alpha value is -1.07. The lowest BCUT2D eigenvalue weighted by molar-refractivity contribution is -0.221. The van der Waals surface area contributed by atoms with Crippen molar-refractivity contribution in [3.8, 4) is 0 Å². The zero-order valence-corrected chi connectivity index (χ0v) is 6.25. The van der Waals surface area contributed by atoms with E-state index < -0.39 is 30.2 Å². The third-order valence-corrected chi connectivity index (χ3v) is 1.88. The van der Waals surface area contributed by atoms with Crippen LogP contribution in [0.3, 0.4) is 0 Å². The SMILES string of the molecule is O=C(O)C=CC1C(F)C(F)C1(F)F. The van der Waals surface area contributed by atoms with Crippen molar-refractivity contribution in [2.45, 2.75) is 18.3 Å². The Morgan fingerprint density at radius 2 is 1.92 bits per heavy atom. The summed E-state index contributed by atoms with van der Waals surface area (Å²) < 4.78 is 49.5. The molecule has 1 N–H and O–H groups in total. The summed E-state index contributed by atoms with van der Waals surface area (Å²) in [4.78, 5) is 9.90. The number of halogens is 4. The fraction of sp³-hybridized carbons (Fsp3) is 0.571. The molecule has 74 valence electrons. The number of hydrogen-bond acceptors (Lipinski definition) is 1. The maximum Gasteiger partial charge on any atom is 0.327 e. The molecule has 6 heteroatoms. The third-order valence-electron chi connectivity index (χ3n) is 1.88. The van der Waals surface area contributed by atoms with Gasteiger partial charge in [0.25, 0.3) is 5.92 Å². The molecule has 3 unspecified atom stereocenters. The number of allylic oxidation sites excluding steroid dienone is 1. The summed E-state index contributed by atoms with van der Waals surface area (Å²) in [5.41, 5.74) is 0. The first-order valence-corrected chi connectivity index (χ1v) is 3.44. The van der Waals surface area contributed by atoms with E-state index in [1.807, 2.05) is 0 Å². The second-order valence-corrected chi connectivity index (χ2v) is 2.74. The molecule has 1 aliphatic rings. The molecule has 0 aromatic carbocycles. The number of aliphatic carboxylic acids is 1. The first-order chi connectivity index (χ1) is 5.87. The van der Waals surface area contributed by atoms with Gasteiger partial charge >= 0.3 is 5.97 Å². The number of carboxylic acid groups (broad SMARTS) is 1. The summed E-state index contributed by atoms with van der Waals surface area (Å²) in [6.07, 6.45) is -4.28. The summed E-state index contributed by atoms with van der Waals surface area (Å²) in [7, 11) is 0. The largest absolute Gasteiger partial charge is 0.478 e. The Kier molecular flexibility index (Phi) is 2.32. The van der Waals surface area contributed by atoms with Gasteiger partial charge in [-0.2, -0.15) is 0 Å². The van der Waals surface area contributed by atoms with Crippen molar-refractivity contribution in [1.29, 1.82) is 0 Å². The molecule has 0 aromatic heterocycles. The van der Waals surface area contributed by atoms with Gasteiger partial charge in [-0.15, -0.1) is 0 Å². The highest BCUT2D eigenvalue weighted by Gasteiger charge is 2.65. The number of hydrogen-bond donors (Lipinski definition) is 1. The van der Waals surface area contributed by atoms with E-state index in [-0.39, 0.29) is 0 Å². The minimum atomic E-state index is -3.79. The van der Waals surface area contributed by atoms with Gasteiger partial charge in [-0.25, -0.2) is 22.4 Å². The molecule has 1 saturated carbocycles. The molecule has 1 aliphatic carbocycles. The zero-order chi connectivity index (χ0) is 10.2. The number of carboxylic acids is 1. The molecule has 0 heterocycles. The monoisotopic (exact) mass is 198 g/mol. The van der Waals surface area contributed by atoms with Crippen LogP contribution in [-0.2, 0) is 4.79 Å². The van der Waals surface area contributed by atoms with Gasteiger partial charge < -0.3 is 5.11 Å². The van der Waals surface area contributed by atoms with Crippen LogP contribution >= 0.6 is 0 Å². The van der Waals surface area contributed by atoms with Crippen LogP contribution in [0.1, 0.15) is 0 Å². The molecule has 0 saturated heterocycles. The topological polar surface area (TPSA) is 37.3 Å². The maximum atomic E-state index is 12.4. The molecule has 2 nitrogen and oxygen atoms in total. The van der Waals surface area contributed by atoms with Gasteiger partial charge in [-0.1, -0.05) is 6.08 Å². The van der Waals surface area contributed by atoms with Crippen molar-refractivity contribution < 1.29 is 27.5 Å². The average molecular weight is 198 g/mol. The Morgan fingerprint density at radius 3 is 2.31 bits per heavy atom. The van der Waals surface area contributed by atoms with E-state index in [0.717, 1.165) is 0 Å². The van der Waals surface area contributed by atoms with Gasteiger partial charge in [0.15, 0.2) is 6.17 Å². The fourth-order valence-electron chi connectivity index (χ4n) is 1.09. The normalized spacial score (nSPS) is 37.4. The van der Waals surface area contributed by atoms with Crippen molar-refractivity contribution >= 4 is 5.97 Å². The summed E-state index contributed by atoms with van der Waals surface area (Å²) in [6, 6.07) is 0. The molecule has 0 aliphatic heterocycles. The third kappa shape index (κ3) is 1.52. The number of rotatable bonds is 2. The second kappa shape index (κ2) is 3.01. The van der Waals surface area contributed by atoms with Crippen LogP contribution < -0.4 is 0 Å². The van der Waals surface area contributed by atoms with E-state index in [0.29, 0.717) is 12.2 Å². The van der Waals surface area contributed by atoms with Crippen molar-refractivity contribution in [1.82, 2.24) is 0 Å². The van der Waals surface area contributed by atoms with Crippen LogP contribution in [0.4, 0.5) is 17.6 Å². The lowest BCUT2D eigenvalue weighted by atomic mass is 9.76. The van der Waals surface area contributed by atoms with E-state index >= 15 is 0 Å². The Labute approximate surface area is 70.9 Å². The van der Waals surface area contributed by atoms with E-state index in [2.05, 4.69) is 0 Å². The van der Waals surface area contributed by atoms with Gasteiger partial charge in [0, 0.05) is 6.08 Å². The van der Waals surface area contributed by atoms with Crippen LogP contribution in [0.15, 0.2) is 12.2 Å². The molecule has 0 spiro atoms.